The van der Waals surface area contributed by atoms with Gasteiger partial charge >= 0.3 is 0 Å². The number of methoxy groups -OCH3 is 1. The zero-order valence-electron chi connectivity index (χ0n) is 10.3. The number of aliphatic hydroxyl groups excluding tert-OH is 1. The van der Waals surface area contributed by atoms with Crippen LogP contribution in [0.3, 0.4) is 0 Å². The second-order valence-electron chi connectivity index (χ2n) is 3.71. The van der Waals surface area contributed by atoms with Crippen molar-refractivity contribution in [1.82, 2.24) is 9.97 Å². The van der Waals surface area contributed by atoms with Crippen molar-refractivity contribution in [3.63, 3.8) is 0 Å². The fourth-order valence-electron chi connectivity index (χ4n) is 1.60. The summed E-state index contributed by atoms with van der Waals surface area (Å²) >= 11 is 5.93. The van der Waals surface area contributed by atoms with Crippen LogP contribution in [0.4, 0.5) is 0 Å². The molecule has 2 rings (SSSR count). The highest BCUT2D eigenvalue weighted by Crippen LogP contribution is 2.35. The fraction of sp³-hybridized carbons (Fsp3) is 0.231. The Morgan fingerprint density at radius 1 is 1.26 bits per heavy atom. The van der Waals surface area contributed by atoms with Crippen LogP contribution in [-0.2, 0) is 13.2 Å². The number of halogens is 1. The topological polar surface area (TPSA) is 64.5 Å². The molecule has 0 saturated carbocycles. The molecular weight excluding hydrogens is 268 g/mol. The van der Waals surface area contributed by atoms with Gasteiger partial charge in [-0.1, -0.05) is 11.6 Å². The predicted molar refractivity (Wildman–Crippen MR) is 70.3 cm³/mol. The third-order valence-electron chi connectivity index (χ3n) is 2.45. The number of hydrogen-bond donors (Lipinski definition) is 1. The van der Waals surface area contributed by atoms with Gasteiger partial charge in [0, 0.05) is 29.0 Å². The number of nitrogens with zero attached hydrogens (tertiary/aromatic N) is 2. The zero-order valence-corrected chi connectivity index (χ0v) is 11.1. The Bertz CT molecular complexity index is 524. The van der Waals surface area contributed by atoms with Crippen molar-refractivity contribution in [3.8, 4) is 11.5 Å². The van der Waals surface area contributed by atoms with Crippen LogP contribution in [0.1, 0.15) is 11.4 Å². The molecule has 0 unspecified atom stereocenters. The molecule has 0 atom stereocenters. The molecule has 1 aromatic heterocycles. The molecular formula is C13H13ClN2O3. The van der Waals surface area contributed by atoms with Crippen LogP contribution in [0.15, 0.2) is 30.6 Å². The van der Waals surface area contributed by atoms with E-state index in [2.05, 4.69) is 9.97 Å². The SMILES string of the molecule is COc1cc(Cl)cc(CO)c1OCc1ncccn1. The summed E-state index contributed by atoms with van der Waals surface area (Å²) in [6, 6.07) is 4.98. The van der Waals surface area contributed by atoms with Crippen LogP contribution >= 0.6 is 11.6 Å². The van der Waals surface area contributed by atoms with Crippen molar-refractivity contribution in [2.24, 2.45) is 0 Å². The highest BCUT2D eigenvalue weighted by Gasteiger charge is 2.13. The quantitative estimate of drug-likeness (QED) is 0.910. The summed E-state index contributed by atoms with van der Waals surface area (Å²) in [5.41, 5.74) is 0.556. The van der Waals surface area contributed by atoms with Gasteiger partial charge in [0.05, 0.1) is 13.7 Å². The lowest BCUT2D eigenvalue weighted by Gasteiger charge is -2.14. The number of rotatable bonds is 5. The second-order valence-corrected chi connectivity index (χ2v) is 4.14. The van der Waals surface area contributed by atoms with E-state index in [9.17, 15) is 5.11 Å². The maximum Gasteiger partial charge on any atom is 0.167 e. The van der Waals surface area contributed by atoms with E-state index >= 15 is 0 Å². The molecule has 6 heteroatoms. The molecule has 0 aliphatic heterocycles. The first-order valence-corrected chi connectivity index (χ1v) is 5.98. The van der Waals surface area contributed by atoms with Gasteiger partial charge in [0.25, 0.3) is 0 Å². The molecule has 0 radical (unpaired) electrons. The number of benzene rings is 1. The third-order valence-corrected chi connectivity index (χ3v) is 2.67. The van der Waals surface area contributed by atoms with E-state index in [0.29, 0.717) is 27.9 Å². The van der Waals surface area contributed by atoms with Gasteiger partial charge in [-0.15, -0.1) is 0 Å². The van der Waals surface area contributed by atoms with E-state index in [4.69, 9.17) is 21.1 Å². The molecule has 0 amide bonds. The Morgan fingerprint density at radius 3 is 2.63 bits per heavy atom. The van der Waals surface area contributed by atoms with Crippen molar-refractivity contribution in [1.29, 1.82) is 0 Å². The van der Waals surface area contributed by atoms with E-state index in [0.717, 1.165) is 0 Å². The fourth-order valence-corrected chi connectivity index (χ4v) is 1.83. The van der Waals surface area contributed by atoms with E-state index in [1.165, 1.54) is 7.11 Å². The van der Waals surface area contributed by atoms with Gasteiger partial charge in [-0.25, -0.2) is 9.97 Å². The van der Waals surface area contributed by atoms with Gasteiger partial charge in [0.2, 0.25) is 0 Å². The maximum absolute atomic E-state index is 9.33. The van der Waals surface area contributed by atoms with Crippen LogP contribution in [0.2, 0.25) is 5.02 Å². The van der Waals surface area contributed by atoms with Crippen molar-refractivity contribution in [3.05, 3.63) is 47.0 Å². The lowest BCUT2D eigenvalue weighted by molar-refractivity contribution is 0.246. The normalized spacial score (nSPS) is 10.3. The smallest absolute Gasteiger partial charge is 0.167 e. The Hall–Kier alpha value is -1.85. The average molecular weight is 281 g/mol. The molecule has 0 aliphatic carbocycles. The first kappa shape index (κ1) is 13.6. The van der Waals surface area contributed by atoms with Gasteiger partial charge in [-0.3, -0.25) is 0 Å². The minimum atomic E-state index is -0.193. The molecule has 0 aliphatic rings. The molecule has 19 heavy (non-hydrogen) atoms. The van der Waals surface area contributed by atoms with E-state index in [-0.39, 0.29) is 13.2 Å². The van der Waals surface area contributed by atoms with Crippen LogP contribution < -0.4 is 9.47 Å². The molecule has 1 heterocycles. The van der Waals surface area contributed by atoms with Crippen molar-refractivity contribution in [2.45, 2.75) is 13.2 Å². The summed E-state index contributed by atoms with van der Waals surface area (Å²) < 4.78 is 10.8. The monoisotopic (exact) mass is 280 g/mol. The summed E-state index contributed by atoms with van der Waals surface area (Å²) in [6.45, 7) is -0.00622. The van der Waals surface area contributed by atoms with Crippen molar-refractivity contribution >= 4 is 11.6 Å². The number of ether oxygens (including phenoxy) is 2. The van der Waals surface area contributed by atoms with Crippen LogP contribution in [0.5, 0.6) is 11.5 Å². The molecule has 2 aromatic rings. The largest absolute Gasteiger partial charge is 0.493 e. The standard InChI is InChI=1S/C13H13ClN2O3/c1-18-11-6-10(14)5-9(7-17)13(11)19-8-12-15-3-2-4-16-12/h2-6,17H,7-8H2,1H3. The van der Waals surface area contributed by atoms with E-state index in [1.54, 1.807) is 30.6 Å². The Balaban J connectivity index is 2.23. The summed E-state index contributed by atoms with van der Waals surface area (Å²) in [7, 11) is 1.51. The summed E-state index contributed by atoms with van der Waals surface area (Å²) in [6.07, 6.45) is 3.27. The predicted octanol–water partition coefficient (Wildman–Crippen LogP) is 2.21. The van der Waals surface area contributed by atoms with E-state index < -0.39 is 0 Å². The number of aliphatic hydroxyl groups is 1. The minimum absolute atomic E-state index is 0.186. The van der Waals surface area contributed by atoms with Gasteiger partial charge < -0.3 is 14.6 Å². The summed E-state index contributed by atoms with van der Waals surface area (Å²) in [5.74, 6) is 1.46. The number of hydrogen-bond acceptors (Lipinski definition) is 5. The Morgan fingerprint density at radius 2 is 2.00 bits per heavy atom. The molecule has 0 saturated heterocycles. The first-order chi connectivity index (χ1) is 9.24. The van der Waals surface area contributed by atoms with Crippen molar-refractivity contribution < 1.29 is 14.6 Å². The average Bonchev–Trinajstić information content (AvgIpc) is 2.46. The lowest BCUT2D eigenvalue weighted by atomic mass is 10.2. The molecule has 0 fully saturated rings. The molecule has 1 aromatic carbocycles. The van der Waals surface area contributed by atoms with Crippen molar-refractivity contribution in [2.75, 3.05) is 7.11 Å². The molecule has 5 nitrogen and oxygen atoms in total. The van der Waals surface area contributed by atoms with Gasteiger partial charge in [0.1, 0.15) is 6.61 Å². The number of aromatic nitrogens is 2. The third kappa shape index (κ3) is 3.33. The first-order valence-electron chi connectivity index (χ1n) is 5.60. The maximum atomic E-state index is 9.33. The molecule has 100 valence electrons. The van der Waals surface area contributed by atoms with E-state index in [1.807, 2.05) is 0 Å². The van der Waals surface area contributed by atoms with Gasteiger partial charge in [-0.2, -0.15) is 0 Å². The second kappa shape index (κ2) is 6.36. The minimum Gasteiger partial charge on any atom is -0.493 e. The zero-order chi connectivity index (χ0) is 13.7. The molecule has 1 N–H and O–H groups in total. The van der Waals surface area contributed by atoms with Gasteiger partial charge in [-0.05, 0) is 12.1 Å². The lowest BCUT2D eigenvalue weighted by Crippen LogP contribution is -2.04. The van der Waals surface area contributed by atoms with Gasteiger partial charge in [0.15, 0.2) is 17.3 Å². The highest BCUT2D eigenvalue weighted by molar-refractivity contribution is 6.30. The summed E-state index contributed by atoms with van der Waals surface area (Å²) in [4.78, 5) is 8.11. The van der Waals surface area contributed by atoms with Crippen LogP contribution in [0.25, 0.3) is 0 Å². The molecule has 0 bridgehead atoms. The van der Waals surface area contributed by atoms with Crippen LogP contribution in [-0.4, -0.2) is 22.2 Å². The Kier molecular flexibility index (Phi) is 4.54. The highest BCUT2D eigenvalue weighted by atomic mass is 35.5. The summed E-state index contributed by atoms with van der Waals surface area (Å²) in [5, 5.41) is 9.81. The molecule has 0 spiro atoms. The Labute approximate surface area is 115 Å². The van der Waals surface area contributed by atoms with Crippen LogP contribution in [0, 0.1) is 0 Å².